The summed E-state index contributed by atoms with van der Waals surface area (Å²) in [5.41, 5.74) is 2.43. The summed E-state index contributed by atoms with van der Waals surface area (Å²) in [5, 5.41) is 4.00. The number of esters is 3. The van der Waals surface area contributed by atoms with E-state index in [2.05, 4.69) is 10.3 Å². The summed E-state index contributed by atoms with van der Waals surface area (Å²) in [6.45, 7) is 4.77. The standard InChI is InChI=1S/C31H26N2O8S/c1-5-39-31(37)25-16(2)23(30(36)38-4)28(42-25)33-26(34)17(3)40-29(35)20-13-9-11-18-10-8-12-19(24(18)20)27-32-21-14-6-7-15-22(21)41-27/h6-15,17H,5H2,1-4H3,(H,33,34). The number of ether oxygens (including phenoxy) is 3. The first-order chi connectivity index (χ1) is 20.2. The lowest BCUT2D eigenvalue weighted by Crippen LogP contribution is -2.30. The van der Waals surface area contributed by atoms with Crippen LogP contribution in [-0.2, 0) is 19.0 Å². The van der Waals surface area contributed by atoms with Crippen LogP contribution in [-0.4, -0.2) is 48.6 Å². The number of amides is 1. The maximum Gasteiger partial charge on any atom is 0.348 e. The number of hydrogen-bond acceptors (Lipinski definition) is 10. The molecule has 0 saturated heterocycles. The van der Waals surface area contributed by atoms with E-state index < -0.39 is 29.9 Å². The molecule has 1 atom stereocenters. The number of benzene rings is 3. The third-order valence-electron chi connectivity index (χ3n) is 6.54. The van der Waals surface area contributed by atoms with Crippen LogP contribution in [0.2, 0.25) is 0 Å². The predicted octanol–water partition coefficient (Wildman–Crippen LogP) is 6.17. The lowest BCUT2D eigenvalue weighted by atomic mass is 9.99. The van der Waals surface area contributed by atoms with Gasteiger partial charge < -0.3 is 23.9 Å². The van der Waals surface area contributed by atoms with Crippen molar-refractivity contribution in [3.63, 3.8) is 0 Å². The summed E-state index contributed by atoms with van der Waals surface area (Å²) in [5.74, 6) is -2.47. The third-order valence-corrected chi connectivity index (χ3v) is 7.72. The zero-order chi connectivity index (χ0) is 30.0. The first-order valence-corrected chi connectivity index (χ1v) is 13.8. The second kappa shape index (κ2) is 11.8. The molecule has 0 bridgehead atoms. The Labute approximate surface area is 244 Å². The van der Waals surface area contributed by atoms with Crippen molar-refractivity contribution in [3.8, 4) is 11.5 Å². The fourth-order valence-corrected chi connectivity index (χ4v) is 5.60. The van der Waals surface area contributed by atoms with E-state index in [4.69, 9.17) is 18.6 Å². The third kappa shape index (κ3) is 5.34. The van der Waals surface area contributed by atoms with Gasteiger partial charge in [-0.05, 0) is 56.0 Å². The number of anilines is 1. The van der Waals surface area contributed by atoms with E-state index in [1.165, 1.54) is 14.0 Å². The maximum absolute atomic E-state index is 13.4. The second-order valence-electron chi connectivity index (χ2n) is 9.21. The van der Waals surface area contributed by atoms with Gasteiger partial charge in [-0.2, -0.15) is 0 Å². The van der Waals surface area contributed by atoms with Gasteiger partial charge in [-0.3, -0.25) is 4.79 Å². The number of aromatic nitrogens is 1. The average Bonchev–Trinajstić information content (AvgIpc) is 3.57. The van der Waals surface area contributed by atoms with Crippen molar-refractivity contribution in [1.29, 1.82) is 0 Å². The van der Waals surface area contributed by atoms with Gasteiger partial charge in [-0.25, -0.2) is 19.4 Å². The zero-order valence-electron chi connectivity index (χ0n) is 23.2. The van der Waals surface area contributed by atoms with Crippen LogP contribution in [0.5, 0.6) is 0 Å². The number of thiophene rings is 1. The molecule has 10 nitrogen and oxygen atoms in total. The lowest BCUT2D eigenvalue weighted by Gasteiger charge is -2.15. The molecule has 3 aromatic carbocycles. The second-order valence-corrected chi connectivity index (χ2v) is 10.2. The zero-order valence-corrected chi connectivity index (χ0v) is 24.0. The Morgan fingerprint density at radius 2 is 1.71 bits per heavy atom. The fraction of sp³-hybridized carbons (Fsp3) is 0.194. The predicted molar refractivity (Wildman–Crippen MR) is 157 cm³/mol. The van der Waals surface area contributed by atoms with Gasteiger partial charge in [0.1, 0.15) is 15.4 Å². The van der Waals surface area contributed by atoms with E-state index in [1.807, 2.05) is 42.5 Å². The van der Waals surface area contributed by atoms with Crippen LogP contribution in [0, 0.1) is 6.92 Å². The van der Waals surface area contributed by atoms with Crippen LogP contribution in [0.25, 0.3) is 33.3 Å². The molecule has 0 fully saturated rings. The number of rotatable bonds is 8. The summed E-state index contributed by atoms with van der Waals surface area (Å²) in [4.78, 5) is 56.2. The first-order valence-electron chi connectivity index (χ1n) is 13.0. The summed E-state index contributed by atoms with van der Waals surface area (Å²) >= 11 is 0.877. The molecule has 0 aliphatic rings. The molecular weight excluding hydrogens is 560 g/mol. The number of methoxy groups -OCH3 is 1. The summed E-state index contributed by atoms with van der Waals surface area (Å²) in [7, 11) is 1.19. The SMILES string of the molecule is CCOC(=O)c1sc(NC(=O)C(C)OC(=O)c2cccc3cccc(-c4nc5ccccc5o4)c23)c(C(=O)OC)c1C. The van der Waals surface area contributed by atoms with Crippen LogP contribution in [0.4, 0.5) is 5.00 Å². The summed E-state index contributed by atoms with van der Waals surface area (Å²) < 4.78 is 21.5. The van der Waals surface area contributed by atoms with Crippen LogP contribution >= 0.6 is 11.3 Å². The maximum atomic E-state index is 13.4. The van der Waals surface area contributed by atoms with E-state index in [0.29, 0.717) is 33.5 Å². The normalized spacial score (nSPS) is 11.7. The van der Waals surface area contributed by atoms with Crippen molar-refractivity contribution in [2.24, 2.45) is 0 Å². The van der Waals surface area contributed by atoms with Crippen molar-refractivity contribution >= 4 is 62.0 Å². The molecule has 2 heterocycles. The highest BCUT2D eigenvalue weighted by atomic mass is 32.1. The number of nitrogens with one attached hydrogen (secondary N) is 1. The van der Waals surface area contributed by atoms with E-state index in [-0.39, 0.29) is 27.6 Å². The molecule has 0 aliphatic carbocycles. The van der Waals surface area contributed by atoms with Crippen LogP contribution in [0.1, 0.15) is 49.8 Å². The Kier molecular flexibility index (Phi) is 8.03. The van der Waals surface area contributed by atoms with Gasteiger partial charge in [0.15, 0.2) is 11.7 Å². The van der Waals surface area contributed by atoms with Crippen LogP contribution < -0.4 is 5.32 Å². The highest BCUT2D eigenvalue weighted by Crippen LogP contribution is 2.35. The Bertz CT molecular complexity index is 1820. The van der Waals surface area contributed by atoms with Gasteiger partial charge in [0, 0.05) is 10.9 Å². The van der Waals surface area contributed by atoms with E-state index in [0.717, 1.165) is 16.7 Å². The van der Waals surface area contributed by atoms with Gasteiger partial charge in [-0.15, -0.1) is 11.3 Å². The van der Waals surface area contributed by atoms with Crippen molar-refractivity contribution < 1.29 is 37.8 Å². The number of hydrogen-bond donors (Lipinski definition) is 1. The van der Waals surface area contributed by atoms with Gasteiger partial charge in [0.05, 0.1) is 24.8 Å². The van der Waals surface area contributed by atoms with Gasteiger partial charge in [-0.1, -0.05) is 36.4 Å². The molecule has 0 spiro atoms. The number of fused-ring (bicyclic) bond motifs is 2. The van der Waals surface area contributed by atoms with Gasteiger partial charge >= 0.3 is 17.9 Å². The molecule has 5 rings (SSSR count). The minimum Gasteiger partial charge on any atom is -0.465 e. The largest absolute Gasteiger partial charge is 0.465 e. The van der Waals surface area contributed by atoms with Crippen molar-refractivity contribution in [2.45, 2.75) is 26.9 Å². The number of carbonyl (C=O) groups is 4. The smallest absolute Gasteiger partial charge is 0.348 e. The molecule has 42 heavy (non-hydrogen) atoms. The molecule has 0 saturated carbocycles. The molecule has 0 radical (unpaired) electrons. The number of oxazole rings is 1. The minimum absolute atomic E-state index is 0.0226. The number of para-hydroxylation sites is 2. The van der Waals surface area contributed by atoms with Gasteiger partial charge in [0.2, 0.25) is 5.89 Å². The molecule has 0 aliphatic heterocycles. The first kappa shape index (κ1) is 28.5. The van der Waals surface area contributed by atoms with E-state index in [9.17, 15) is 19.2 Å². The molecule has 2 aromatic heterocycles. The average molecular weight is 587 g/mol. The Morgan fingerprint density at radius 3 is 2.43 bits per heavy atom. The summed E-state index contributed by atoms with van der Waals surface area (Å²) in [6.07, 6.45) is -1.26. The topological polar surface area (TPSA) is 134 Å². The quantitative estimate of drug-likeness (QED) is 0.167. The highest BCUT2D eigenvalue weighted by molar-refractivity contribution is 7.18. The Hall–Kier alpha value is -5.03. The van der Waals surface area contributed by atoms with Crippen molar-refractivity contribution in [3.05, 3.63) is 82.2 Å². The molecule has 1 amide bonds. The Morgan fingerprint density at radius 1 is 0.976 bits per heavy atom. The van der Waals surface area contributed by atoms with Crippen molar-refractivity contribution in [1.82, 2.24) is 4.98 Å². The van der Waals surface area contributed by atoms with Crippen LogP contribution in [0.3, 0.4) is 0 Å². The molecule has 1 unspecified atom stereocenters. The van der Waals surface area contributed by atoms with Gasteiger partial charge in [0.25, 0.3) is 5.91 Å². The molecule has 1 N–H and O–H groups in total. The fourth-order valence-electron chi connectivity index (χ4n) is 4.51. The molecular formula is C31H26N2O8S. The highest BCUT2D eigenvalue weighted by Gasteiger charge is 2.29. The molecule has 11 heteroatoms. The summed E-state index contributed by atoms with van der Waals surface area (Å²) in [6, 6.07) is 18.0. The number of nitrogens with zero attached hydrogens (tertiary/aromatic N) is 1. The number of carbonyl (C=O) groups excluding carboxylic acids is 4. The van der Waals surface area contributed by atoms with Crippen LogP contribution in [0.15, 0.2) is 65.1 Å². The minimum atomic E-state index is -1.26. The van der Waals surface area contributed by atoms with Crippen molar-refractivity contribution in [2.75, 3.05) is 19.0 Å². The molecule has 5 aromatic rings. The van der Waals surface area contributed by atoms with E-state index >= 15 is 0 Å². The van der Waals surface area contributed by atoms with E-state index in [1.54, 1.807) is 32.0 Å². The molecule has 214 valence electrons. The Balaban J connectivity index is 1.43. The lowest BCUT2D eigenvalue weighted by molar-refractivity contribution is -0.123. The monoisotopic (exact) mass is 586 g/mol.